The lowest BCUT2D eigenvalue weighted by Crippen LogP contribution is -2.44. The summed E-state index contributed by atoms with van der Waals surface area (Å²) in [6.07, 6.45) is 2.99. The van der Waals surface area contributed by atoms with Crippen molar-refractivity contribution in [3.8, 4) is 0 Å². The SMILES string of the molecule is O=S1(=O)CCC(NC(=NCCc2ccco2)NCCSc2ccccc2)C1. The van der Waals surface area contributed by atoms with Crippen molar-refractivity contribution in [1.29, 1.82) is 0 Å². The summed E-state index contributed by atoms with van der Waals surface area (Å²) in [6, 6.07) is 13.9. The van der Waals surface area contributed by atoms with Gasteiger partial charge in [-0.3, -0.25) is 4.99 Å². The Balaban J connectivity index is 1.50. The van der Waals surface area contributed by atoms with E-state index in [2.05, 4.69) is 27.8 Å². The Bertz CT molecular complexity index is 821. The largest absolute Gasteiger partial charge is 0.469 e. The zero-order valence-electron chi connectivity index (χ0n) is 15.1. The maximum absolute atomic E-state index is 11.7. The molecule has 6 nitrogen and oxygen atoms in total. The van der Waals surface area contributed by atoms with Crippen molar-refractivity contribution in [1.82, 2.24) is 10.6 Å². The summed E-state index contributed by atoms with van der Waals surface area (Å²) in [5.74, 6) is 2.86. The third-order valence-electron chi connectivity index (χ3n) is 4.19. The minimum absolute atomic E-state index is 0.0772. The molecule has 8 heteroatoms. The van der Waals surface area contributed by atoms with Crippen LogP contribution in [-0.4, -0.2) is 50.8 Å². The van der Waals surface area contributed by atoms with E-state index in [1.165, 1.54) is 4.90 Å². The second-order valence-electron chi connectivity index (χ2n) is 6.39. The van der Waals surface area contributed by atoms with Gasteiger partial charge in [0.1, 0.15) is 5.76 Å². The fourth-order valence-corrected chi connectivity index (χ4v) is 5.31. The number of benzene rings is 1. The van der Waals surface area contributed by atoms with Crippen LogP contribution in [0.4, 0.5) is 0 Å². The normalized spacial score (nSPS) is 19.1. The molecule has 0 aliphatic carbocycles. The molecule has 2 aromatic rings. The van der Waals surface area contributed by atoms with E-state index in [0.717, 1.165) is 18.1 Å². The standard InChI is InChI=1S/C19H25N3O3S2/c23-27(24)14-9-16(15-27)22-19(20-10-8-17-5-4-12-25-17)21-11-13-26-18-6-2-1-3-7-18/h1-7,12,16H,8-11,13-15H2,(H2,20,21,22). The fourth-order valence-electron chi connectivity index (χ4n) is 2.84. The van der Waals surface area contributed by atoms with Crippen LogP contribution in [0.1, 0.15) is 12.2 Å². The molecule has 0 spiro atoms. The van der Waals surface area contributed by atoms with Gasteiger partial charge >= 0.3 is 0 Å². The molecule has 0 amide bonds. The molecule has 1 fully saturated rings. The van der Waals surface area contributed by atoms with Crippen LogP contribution in [0.2, 0.25) is 0 Å². The van der Waals surface area contributed by atoms with Crippen LogP contribution in [0, 0.1) is 0 Å². The molecule has 1 atom stereocenters. The fraction of sp³-hybridized carbons (Fsp3) is 0.421. The molecule has 1 unspecified atom stereocenters. The molecule has 2 N–H and O–H groups in total. The summed E-state index contributed by atoms with van der Waals surface area (Å²) in [4.78, 5) is 5.81. The van der Waals surface area contributed by atoms with Gasteiger partial charge in [-0.05, 0) is 30.7 Å². The zero-order chi connectivity index (χ0) is 19.0. The van der Waals surface area contributed by atoms with Crippen molar-refractivity contribution in [3.05, 3.63) is 54.5 Å². The van der Waals surface area contributed by atoms with E-state index in [0.29, 0.717) is 25.3 Å². The first-order chi connectivity index (χ1) is 13.1. The van der Waals surface area contributed by atoms with Crippen LogP contribution < -0.4 is 10.6 Å². The van der Waals surface area contributed by atoms with E-state index < -0.39 is 9.84 Å². The molecule has 1 aromatic carbocycles. The van der Waals surface area contributed by atoms with Crippen LogP contribution in [0.5, 0.6) is 0 Å². The summed E-state index contributed by atoms with van der Waals surface area (Å²) in [5, 5.41) is 6.59. The van der Waals surface area contributed by atoms with Gasteiger partial charge in [-0.1, -0.05) is 18.2 Å². The molecule has 0 bridgehead atoms. The number of aliphatic imine (C=N–C) groups is 1. The monoisotopic (exact) mass is 407 g/mol. The number of rotatable bonds is 8. The first kappa shape index (κ1) is 19.8. The van der Waals surface area contributed by atoms with Crippen LogP contribution in [-0.2, 0) is 16.3 Å². The first-order valence-electron chi connectivity index (χ1n) is 9.06. The molecule has 1 aliphatic rings. The summed E-state index contributed by atoms with van der Waals surface area (Å²) in [7, 11) is -2.92. The van der Waals surface area contributed by atoms with Gasteiger partial charge in [0.25, 0.3) is 0 Å². The van der Waals surface area contributed by atoms with E-state index in [-0.39, 0.29) is 17.5 Å². The quantitative estimate of drug-likeness (QED) is 0.302. The highest BCUT2D eigenvalue weighted by Gasteiger charge is 2.28. The van der Waals surface area contributed by atoms with Gasteiger partial charge in [-0.2, -0.15) is 0 Å². The Morgan fingerprint density at radius 3 is 2.78 bits per heavy atom. The molecule has 0 radical (unpaired) electrons. The molecule has 1 saturated heterocycles. The summed E-state index contributed by atoms with van der Waals surface area (Å²) in [6.45, 7) is 1.32. The van der Waals surface area contributed by atoms with Crippen molar-refractivity contribution in [2.75, 3.05) is 30.3 Å². The highest BCUT2D eigenvalue weighted by Crippen LogP contribution is 2.16. The van der Waals surface area contributed by atoms with Gasteiger partial charge in [-0.25, -0.2) is 8.42 Å². The van der Waals surface area contributed by atoms with Crippen LogP contribution >= 0.6 is 11.8 Å². The molecule has 1 aromatic heterocycles. The van der Waals surface area contributed by atoms with Gasteiger partial charge in [0.05, 0.1) is 17.8 Å². The van der Waals surface area contributed by atoms with Crippen LogP contribution in [0.25, 0.3) is 0 Å². The molecule has 0 saturated carbocycles. The topological polar surface area (TPSA) is 83.7 Å². The van der Waals surface area contributed by atoms with Gasteiger partial charge in [-0.15, -0.1) is 11.8 Å². The Hall–Kier alpha value is -1.93. The van der Waals surface area contributed by atoms with Crippen molar-refractivity contribution < 1.29 is 12.8 Å². The highest BCUT2D eigenvalue weighted by molar-refractivity contribution is 7.99. The second-order valence-corrected chi connectivity index (χ2v) is 9.79. The van der Waals surface area contributed by atoms with Gasteiger partial charge < -0.3 is 15.1 Å². The zero-order valence-corrected chi connectivity index (χ0v) is 16.8. The van der Waals surface area contributed by atoms with Crippen molar-refractivity contribution in [2.45, 2.75) is 23.8 Å². The second kappa shape index (κ2) is 9.85. The van der Waals surface area contributed by atoms with Gasteiger partial charge in [0.2, 0.25) is 0 Å². The minimum atomic E-state index is -2.92. The average Bonchev–Trinajstić information content (AvgIpc) is 3.28. The van der Waals surface area contributed by atoms with E-state index in [9.17, 15) is 8.42 Å². The van der Waals surface area contributed by atoms with E-state index >= 15 is 0 Å². The van der Waals surface area contributed by atoms with E-state index in [4.69, 9.17) is 4.42 Å². The molecular formula is C19H25N3O3S2. The summed E-state index contributed by atoms with van der Waals surface area (Å²) >= 11 is 1.77. The molecule has 146 valence electrons. The number of thioether (sulfide) groups is 1. The lowest BCUT2D eigenvalue weighted by Gasteiger charge is -2.16. The predicted octanol–water partition coefficient (Wildman–Crippen LogP) is 2.34. The minimum Gasteiger partial charge on any atom is -0.469 e. The molecule has 3 rings (SSSR count). The van der Waals surface area contributed by atoms with E-state index in [1.54, 1.807) is 18.0 Å². The van der Waals surface area contributed by atoms with Crippen molar-refractivity contribution >= 4 is 27.6 Å². The summed E-state index contributed by atoms with van der Waals surface area (Å²) in [5.41, 5.74) is 0. The third kappa shape index (κ3) is 6.95. The Labute approximate surface area is 164 Å². The van der Waals surface area contributed by atoms with Gasteiger partial charge in [0.15, 0.2) is 15.8 Å². The molecule has 27 heavy (non-hydrogen) atoms. The van der Waals surface area contributed by atoms with E-state index in [1.807, 2.05) is 30.3 Å². The number of hydrogen-bond donors (Lipinski definition) is 2. The maximum Gasteiger partial charge on any atom is 0.191 e. The lowest BCUT2D eigenvalue weighted by molar-refractivity contribution is 0.510. The number of guanidine groups is 1. The van der Waals surface area contributed by atoms with Crippen molar-refractivity contribution in [2.24, 2.45) is 4.99 Å². The number of furan rings is 1. The smallest absolute Gasteiger partial charge is 0.191 e. The predicted molar refractivity (Wildman–Crippen MR) is 110 cm³/mol. The average molecular weight is 408 g/mol. The molecular weight excluding hydrogens is 382 g/mol. The number of sulfone groups is 1. The first-order valence-corrected chi connectivity index (χ1v) is 11.9. The Morgan fingerprint density at radius 1 is 1.22 bits per heavy atom. The lowest BCUT2D eigenvalue weighted by atomic mass is 10.3. The number of nitrogens with zero attached hydrogens (tertiary/aromatic N) is 1. The van der Waals surface area contributed by atoms with Crippen LogP contribution in [0.15, 0.2) is 63.0 Å². The van der Waals surface area contributed by atoms with Crippen LogP contribution in [0.3, 0.4) is 0 Å². The molecule has 1 aliphatic heterocycles. The number of nitrogens with one attached hydrogen (secondary N) is 2. The van der Waals surface area contributed by atoms with Gasteiger partial charge in [0, 0.05) is 36.2 Å². The molecule has 2 heterocycles. The summed E-state index contributed by atoms with van der Waals surface area (Å²) < 4.78 is 28.7. The highest BCUT2D eigenvalue weighted by atomic mass is 32.2. The third-order valence-corrected chi connectivity index (χ3v) is 6.97. The Kier molecular flexibility index (Phi) is 7.23. The Morgan fingerprint density at radius 2 is 2.07 bits per heavy atom. The number of hydrogen-bond acceptors (Lipinski definition) is 5. The maximum atomic E-state index is 11.7. The van der Waals surface area contributed by atoms with Crippen molar-refractivity contribution in [3.63, 3.8) is 0 Å².